The van der Waals surface area contributed by atoms with E-state index in [2.05, 4.69) is 16.9 Å². The SMILES string of the molecule is CN1CCCC1CCOc1cc(C(=O)N=C(N)N)cc(-c2cc(Cl)sc2Cl)c1. The fraction of sp³-hybridized carbons (Fsp3) is 0.368. The molecular weight excluding hydrogens is 419 g/mol. The predicted octanol–water partition coefficient (Wildman–Crippen LogP) is 4.00. The maximum Gasteiger partial charge on any atom is 0.280 e. The number of likely N-dealkylation sites (tertiary alicyclic amines) is 1. The lowest BCUT2D eigenvalue weighted by Gasteiger charge is -2.19. The van der Waals surface area contributed by atoms with E-state index in [1.807, 2.05) is 6.07 Å². The molecule has 1 aromatic carbocycles. The Morgan fingerprint density at radius 3 is 2.71 bits per heavy atom. The zero-order valence-electron chi connectivity index (χ0n) is 15.5. The van der Waals surface area contributed by atoms with Crippen molar-refractivity contribution in [2.45, 2.75) is 25.3 Å². The number of hydrogen-bond acceptors (Lipinski definition) is 4. The van der Waals surface area contributed by atoms with Crippen molar-refractivity contribution in [2.75, 3.05) is 20.2 Å². The molecule has 150 valence electrons. The first-order valence-corrected chi connectivity index (χ1v) is 10.5. The zero-order chi connectivity index (χ0) is 20.3. The number of nitrogens with zero attached hydrogens (tertiary/aromatic N) is 2. The van der Waals surface area contributed by atoms with Crippen LogP contribution < -0.4 is 16.2 Å². The molecule has 0 spiro atoms. The van der Waals surface area contributed by atoms with E-state index in [0.29, 0.717) is 32.6 Å². The van der Waals surface area contributed by atoms with Gasteiger partial charge in [-0.1, -0.05) is 23.2 Å². The molecular formula is C19H22Cl2N4O2S. The van der Waals surface area contributed by atoms with E-state index in [-0.39, 0.29) is 5.96 Å². The van der Waals surface area contributed by atoms with Crippen molar-refractivity contribution in [3.8, 4) is 16.9 Å². The van der Waals surface area contributed by atoms with Crippen LogP contribution in [-0.4, -0.2) is 43.0 Å². The normalized spacial score (nSPS) is 16.9. The Balaban J connectivity index is 1.85. The second kappa shape index (κ2) is 9.13. The number of thiophene rings is 1. The Hall–Kier alpha value is -1.80. The number of benzene rings is 1. The number of carbonyl (C=O) groups excluding carboxylic acids is 1. The van der Waals surface area contributed by atoms with Crippen LogP contribution in [0.25, 0.3) is 11.1 Å². The number of halogens is 2. The van der Waals surface area contributed by atoms with Crippen molar-refractivity contribution < 1.29 is 9.53 Å². The van der Waals surface area contributed by atoms with Gasteiger partial charge in [-0.3, -0.25) is 4.79 Å². The Morgan fingerprint density at radius 1 is 1.32 bits per heavy atom. The summed E-state index contributed by atoms with van der Waals surface area (Å²) < 4.78 is 7.06. The molecule has 1 aliphatic heterocycles. The monoisotopic (exact) mass is 440 g/mol. The molecule has 0 saturated carbocycles. The van der Waals surface area contributed by atoms with Crippen LogP contribution in [0.3, 0.4) is 0 Å². The molecule has 1 aromatic heterocycles. The first-order chi connectivity index (χ1) is 13.3. The number of hydrogen-bond donors (Lipinski definition) is 2. The van der Waals surface area contributed by atoms with Crippen LogP contribution >= 0.6 is 34.5 Å². The molecule has 6 nitrogen and oxygen atoms in total. The summed E-state index contributed by atoms with van der Waals surface area (Å²) in [6, 6.07) is 7.44. The first-order valence-electron chi connectivity index (χ1n) is 8.91. The molecule has 2 heterocycles. The summed E-state index contributed by atoms with van der Waals surface area (Å²) in [6.07, 6.45) is 3.31. The second-order valence-corrected chi connectivity index (χ2v) is 9.03. The molecule has 1 saturated heterocycles. The molecule has 1 unspecified atom stereocenters. The number of amides is 1. The van der Waals surface area contributed by atoms with Crippen LogP contribution in [0, 0.1) is 0 Å². The Bertz CT molecular complexity index is 896. The third-order valence-electron chi connectivity index (χ3n) is 4.74. The molecule has 4 N–H and O–H groups in total. The number of ether oxygens (including phenoxy) is 1. The topological polar surface area (TPSA) is 93.9 Å². The smallest absolute Gasteiger partial charge is 0.280 e. The van der Waals surface area contributed by atoms with E-state index in [1.54, 1.807) is 18.2 Å². The van der Waals surface area contributed by atoms with Crippen LogP contribution in [-0.2, 0) is 0 Å². The molecule has 1 fully saturated rings. The maximum absolute atomic E-state index is 12.3. The summed E-state index contributed by atoms with van der Waals surface area (Å²) in [6.45, 7) is 1.67. The van der Waals surface area contributed by atoms with Crippen molar-refractivity contribution in [3.05, 3.63) is 38.5 Å². The van der Waals surface area contributed by atoms with Crippen LogP contribution in [0.2, 0.25) is 8.67 Å². The molecule has 1 amide bonds. The van der Waals surface area contributed by atoms with Gasteiger partial charge in [-0.2, -0.15) is 4.99 Å². The average Bonchev–Trinajstić information content (AvgIpc) is 3.19. The van der Waals surface area contributed by atoms with Gasteiger partial charge < -0.3 is 21.1 Å². The largest absolute Gasteiger partial charge is 0.493 e. The summed E-state index contributed by atoms with van der Waals surface area (Å²) in [5, 5.41) is 0. The van der Waals surface area contributed by atoms with Gasteiger partial charge in [0.05, 0.1) is 10.9 Å². The quantitative estimate of drug-likeness (QED) is 0.522. The average molecular weight is 441 g/mol. The molecule has 9 heteroatoms. The van der Waals surface area contributed by atoms with Crippen molar-refractivity contribution in [1.29, 1.82) is 0 Å². The van der Waals surface area contributed by atoms with E-state index in [9.17, 15) is 4.79 Å². The number of rotatable bonds is 6. The van der Waals surface area contributed by atoms with E-state index in [1.165, 1.54) is 24.2 Å². The highest BCUT2D eigenvalue weighted by molar-refractivity contribution is 7.20. The summed E-state index contributed by atoms with van der Waals surface area (Å²) in [7, 11) is 2.13. The van der Waals surface area contributed by atoms with Crippen LogP contribution in [0.1, 0.15) is 29.6 Å². The molecule has 1 atom stereocenters. The Kier molecular flexibility index (Phi) is 6.82. The van der Waals surface area contributed by atoms with Crippen LogP contribution in [0.5, 0.6) is 5.75 Å². The predicted molar refractivity (Wildman–Crippen MR) is 116 cm³/mol. The molecule has 0 aliphatic carbocycles. The summed E-state index contributed by atoms with van der Waals surface area (Å²) >= 11 is 13.6. The first kappa shape index (κ1) is 20.9. The van der Waals surface area contributed by atoms with E-state index in [4.69, 9.17) is 39.4 Å². The third-order valence-corrected chi connectivity index (χ3v) is 6.23. The van der Waals surface area contributed by atoms with Gasteiger partial charge in [0, 0.05) is 17.2 Å². The molecule has 3 rings (SSSR count). The van der Waals surface area contributed by atoms with E-state index in [0.717, 1.165) is 24.1 Å². The highest BCUT2D eigenvalue weighted by atomic mass is 35.5. The van der Waals surface area contributed by atoms with Crippen LogP contribution in [0.15, 0.2) is 29.3 Å². The van der Waals surface area contributed by atoms with Gasteiger partial charge in [0.1, 0.15) is 10.1 Å². The second-order valence-electron chi connectivity index (χ2n) is 6.74. The van der Waals surface area contributed by atoms with Gasteiger partial charge in [-0.25, -0.2) is 0 Å². The standard InChI is InChI=1S/C19H22Cl2N4O2S/c1-25-5-2-3-13(25)4-6-27-14-8-11(15-10-16(20)28-17(15)21)7-12(9-14)18(26)24-19(22)23/h7-10,13H,2-6H2,1H3,(H4,22,23,24,26). The van der Waals surface area contributed by atoms with Gasteiger partial charge in [0.15, 0.2) is 5.96 Å². The Labute approximate surface area is 178 Å². The van der Waals surface area contributed by atoms with Gasteiger partial charge in [-0.15, -0.1) is 11.3 Å². The fourth-order valence-electron chi connectivity index (χ4n) is 3.34. The number of aliphatic imine (C=N–C) groups is 1. The lowest BCUT2D eigenvalue weighted by molar-refractivity contribution is 0.100. The van der Waals surface area contributed by atoms with Crippen molar-refractivity contribution >= 4 is 46.4 Å². The minimum Gasteiger partial charge on any atom is -0.493 e. The summed E-state index contributed by atoms with van der Waals surface area (Å²) in [5.41, 5.74) is 12.5. The van der Waals surface area contributed by atoms with E-state index >= 15 is 0 Å². The molecule has 1 aliphatic rings. The van der Waals surface area contributed by atoms with Gasteiger partial charge >= 0.3 is 0 Å². The fourth-order valence-corrected chi connectivity index (χ4v) is 4.84. The van der Waals surface area contributed by atoms with Gasteiger partial charge in [0.2, 0.25) is 0 Å². The lowest BCUT2D eigenvalue weighted by Crippen LogP contribution is -2.26. The lowest BCUT2D eigenvalue weighted by atomic mass is 10.0. The molecule has 0 bridgehead atoms. The van der Waals surface area contributed by atoms with Crippen molar-refractivity contribution in [1.82, 2.24) is 4.90 Å². The number of carbonyl (C=O) groups is 1. The summed E-state index contributed by atoms with van der Waals surface area (Å²) in [4.78, 5) is 18.3. The third kappa shape index (κ3) is 5.17. The van der Waals surface area contributed by atoms with Gasteiger partial charge in [0.25, 0.3) is 5.91 Å². The minimum absolute atomic E-state index is 0.293. The number of nitrogens with two attached hydrogens (primary N) is 2. The highest BCUT2D eigenvalue weighted by Gasteiger charge is 2.20. The maximum atomic E-state index is 12.3. The minimum atomic E-state index is -0.542. The van der Waals surface area contributed by atoms with Gasteiger partial charge in [-0.05, 0) is 62.7 Å². The van der Waals surface area contributed by atoms with Crippen molar-refractivity contribution in [3.63, 3.8) is 0 Å². The molecule has 2 aromatic rings. The van der Waals surface area contributed by atoms with E-state index < -0.39 is 5.91 Å². The highest BCUT2D eigenvalue weighted by Crippen LogP contribution is 2.39. The van der Waals surface area contributed by atoms with Crippen LogP contribution in [0.4, 0.5) is 0 Å². The molecule has 0 radical (unpaired) electrons. The molecule has 28 heavy (non-hydrogen) atoms. The number of guanidine groups is 1. The summed E-state index contributed by atoms with van der Waals surface area (Å²) in [5.74, 6) is -0.274. The zero-order valence-corrected chi connectivity index (χ0v) is 17.8. The Morgan fingerprint density at radius 2 is 2.11 bits per heavy atom. The van der Waals surface area contributed by atoms with Crippen molar-refractivity contribution in [2.24, 2.45) is 16.5 Å².